The first kappa shape index (κ1) is 16.2. The normalized spacial score (nSPS) is 28.9. The average molecular weight is 330 g/mol. The first-order valence-electron chi connectivity index (χ1n) is 8.44. The fraction of sp³-hybridized carbons (Fsp3) is 0.933. The number of nitrogens with zero attached hydrogens (tertiary/aromatic N) is 2. The lowest BCUT2D eigenvalue weighted by atomic mass is 10.0. The molecule has 126 valence electrons. The molecule has 7 heteroatoms. The third-order valence-electron chi connectivity index (χ3n) is 5.15. The molecule has 0 aromatic rings. The topological polar surface area (TPSA) is 66.9 Å². The molecule has 3 rings (SSSR count). The van der Waals surface area contributed by atoms with Crippen LogP contribution in [0.3, 0.4) is 0 Å². The molecule has 22 heavy (non-hydrogen) atoms. The Labute approximate surface area is 132 Å². The number of rotatable bonds is 3. The fourth-order valence-electron chi connectivity index (χ4n) is 3.82. The summed E-state index contributed by atoms with van der Waals surface area (Å²) in [4.78, 5) is 14.4. The zero-order chi connectivity index (χ0) is 15.6. The van der Waals surface area contributed by atoms with E-state index in [9.17, 15) is 13.2 Å². The highest BCUT2D eigenvalue weighted by Crippen LogP contribution is 2.29. The van der Waals surface area contributed by atoms with Gasteiger partial charge in [-0.05, 0) is 25.7 Å². The van der Waals surface area contributed by atoms with Gasteiger partial charge in [-0.25, -0.2) is 8.42 Å². The summed E-state index contributed by atoms with van der Waals surface area (Å²) in [5.41, 5.74) is 0. The van der Waals surface area contributed by atoms with Crippen molar-refractivity contribution >= 4 is 15.9 Å². The van der Waals surface area contributed by atoms with Crippen LogP contribution in [0.4, 0.5) is 0 Å². The van der Waals surface area contributed by atoms with Crippen molar-refractivity contribution in [1.82, 2.24) is 9.21 Å². The summed E-state index contributed by atoms with van der Waals surface area (Å²) in [6.45, 7) is 2.90. The molecule has 0 aromatic carbocycles. The standard InChI is InChI=1S/C15H26N2O4S/c18-15(13-4-1-2-5-13)16-7-3-6-14(12-16)22(19,20)17-8-10-21-11-9-17/h13-14H,1-12H2/t14-/m1/s1. The van der Waals surface area contributed by atoms with Crippen molar-refractivity contribution in [2.45, 2.75) is 43.8 Å². The van der Waals surface area contributed by atoms with Crippen LogP contribution in [0.1, 0.15) is 38.5 Å². The Morgan fingerprint density at radius 2 is 1.64 bits per heavy atom. The number of hydrogen-bond donors (Lipinski definition) is 0. The first-order valence-corrected chi connectivity index (χ1v) is 9.95. The van der Waals surface area contributed by atoms with E-state index in [0.717, 1.165) is 32.1 Å². The Morgan fingerprint density at radius 1 is 0.955 bits per heavy atom. The highest BCUT2D eigenvalue weighted by Gasteiger charge is 2.38. The van der Waals surface area contributed by atoms with Crippen molar-refractivity contribution in [3.8, 4) is 0 Å². The molecule has 1 atom stereocenters. The van der Waals surface area contributed by atoms with Gasteiger partial charge in [0.1, 0.15) is 0 Å². The molecule has 0 aromatic heterocycles. The lowest BCUT2D eigenvalue weighted by molar-refractivity contribution is -0.136. The summed E-state index contributed by atoms with van der Waals surface area (Å²) in [6, 6.07) is 0. The molecule has 1 saturated carbocycles. The Bertz CT molecular complexity index is 496. The highest BCUT2D eigenvalue weighted by molar-refractivity contribution is 7.89. The number of carbonyl (C=O) groups is 1. The minimum atomic E-state index is -3.32. The van der Waals surface area contributed by atoms with E-state index >= 15 is 0 Å². The number of piperidine rings is 1. The monoisotopic (exact) mass is 330 g/mol. The van der Waals surface area contributed by atoms with Gasteiger partial charge in [0.2, 0.25) is 15.9 Å². The molecule has 1 aliphatic carbocycles. The van der Waals surface area contributed by atoms with E-state index in [1.807, 2.05) is 4.90 Å². The molecule has 0 bridgehead atoms. The van der Waals surface area contributed by atoms with Gasteiger partial charge < -0.3 is 9.64 Å². The molecule has 6 nitrogen and oxygen atoms in total. The van der Waals surface area contributed by atoms with Crippen molar-refractivity contribution in [3.05, 3.63) is 0 Å². The van der Waals surface area contributed by atoms with Crippen molar-refractivity contribution in [1.29, 1.82) is 0 Å². The van der Waals surface area contributed by atoms with E-state index in [1.54, 1.807) is 4.31 Å². The Kier molecular flexibility index (Phi) is 5.04. The van der Waals surface area contributed by atoms with Crippen LogP contribution < -0.4 is 0 Å². The molecule has 0 N–H and O–H groups in total. The minimum Gasteiger partial charge on any atom is -0.379 e. The van der Waals surface area contributed by atoms with Crippen molar-refractivity contribution in [2.24, 2.45) is 5.92 Å². The maximum atomic E-state index is 12.8. The predicted octanol–water partition coefficient (Wildman–Crippen LogP) is 0.830. The molecule has 0 radical (unpaired) electrons. The van der Waals surface area contributed by atoms with Crippen molar-refractivity contribution in [2.75, 3.05) is 39.4 Å². The number of carbonyl (C=O) groups excluding carboxylic acids is 1. The summed E-state index contributed by atoms with van der Waals surface area (Å²) in [6.07, 6.45) is 5.63. The number of morpholine rings is 1. The quantitative estimate of drug-likeness (QED) is 0.769. The lowest BCUT2D eigenvalue weighted by Crippen LogP contribution is -2.52. The number of hydrogen-bond acceptors (Lipinski definition) is 4. The van der Waals surface area contributed by atoms with Gasteiger partial charge in [-0.15, -0.1) is 0 Å². The van der Waals surface area contributed by atoms with E-state index in [1.165, 1.54) is 0 Å². The second-order valence-electron chi connectivity index (χ2n) is 6.59. The number of sulfonamides is 1. The first-order chi connectivity index (χ1) is 10.6. The molecular weight excluding hydrogens is 304 g/mol. The molecule has 1 amide bonds. The van der Waals surface area contributed by atoms with Gasteiger partial charge in [-0.3, -0.25) is 4.79 Å². The van der Waals surface area contributed by atoms with Crippen LogP contribution >= 0.6 is 0 Å². The van der Waals surface area contributed by atoms with Gasteiger partial charge in [0.25, 0.3) is 0 Å². The second kappa shape index (κ2) is 6.84. The number of amides is 1. The van der Waals surface area contributed by atoms with Crippen LogP contribution in [0, 0.1) is 5.92 Å². The summed E-state index contributed by atoms with van der Waals surface area (Å²) >= 11 is 0. The van der Waals surface area contributed by atoms with E-state index < -0.39 is 15.3 Å². The molecular formula is C15H26N2O4S. The van der Waals surface area contributed by atoms with Gasteiger partial charge in [-0.2, -0.15) is 4.31 Å². The SMILES string of the molecule is O=C(C1CCCC1)N1CCC[C@@H](S(=O)(=O)N2CCOCC2)C1. The van der Waals surface area contributed by atoms with Crippen molar-refractivity contribution in [3.63, 3.8) is 0 Å². The van der Waals surface area contributed by atoms with E-state index in [2.05, 4.69) is 0 Å². The van der Waals surface area contributed by atoms with Gasteiger partial charge in [-0.1, -0.05) is 12.8 Å². The number of likely N-dealkylation sites (tertiary alicyclic amines) is 1. The largest absolute Gasteiger partial charge is 0.379 e. The van der Waals surface area contributed by atoms with E-state index in [4.69, 9.17) is 4.74 Å². The Morgan fingerprint density at radius 3 is 2.32 bits per heavy atom. The molecule has 2 saturated heterocycles. The van der Waals surface area contributed by atoms with Gasteiger partial charge in [0.05, 0.1) is 18.5 Å². The van der Waals surface area contributed by atoms with Crippen LogP contribution in [0.25, 0.3) is 0 Å². The minimum absolute atomic E-state index is 0.129. The van der Waals surface area contributed by atoms with E-state index in [0.29, 0.717) is 45.8 Å². The fourth-order valence-corrected chi connectivity index (χ4v) is 5.74. The molecule has 2 aliphatic heterocycles. The molecule has 3 aliphatic rings. The molecule has 3 fully saturated rings. The van der Waals surface area contributed by atoms with Crippen LogP contribution in [0.2, 0.25) is 0 Å². The maximum Gasteiger partial charge on any atom is 0.225 e. The summed E-state index contributed by atoms with van der Waals surface area (Å²) in [5, 5.41) is -0.440. The van der Waals surface area contributed by atoms with Gasteiger partial charge >= 0.3 is 0 Å². The van der Waals surface area contributed by atoms with E-state index in [-0.39, 0.29) is 11.8 Å². The van der Waals surface area contributed by atoms with Gasteiger partial charge in [0.15, 0.2) is 0 Å². The Balaban J connectivity index is 1.65. The zero-order valence-corrected chi connectivity index (χ0v) is 13.9. The lowest BCUT2D eigenvalue weighted by Gasteiger charge is -2.37. The molecule has 0 unspecified atom stereocenters. The smallest absolute Gasteiger partial charge is 0.225 e. The predicted molar refractivity (Wildman–Crippen MR) is 82.9 cm³/mol. The van der Waals surface area contributed by atoms with Gasteiger partial charge in [0, 0.05) is 32.1 Å². The summed E-state index contributed by atoms with van der Waals surface area (Å²) < 4.78 is 32.3. The Hall–Kier alpha value is -0.660. The van der Waals surface area contributed by atoms with Crippen LogP contribution in [-0.2, 0) is 19.6 Å². The highest BCUT2D eigenvalue weighted by atomic mass is 32.2. The summed E-state index contributed by atoms with van der Waals surface area (Å²) in [5.74, 6) is 0.309. The zero-order valence-electron chi connectivity index (χ0n) is 13.1. The maximum absolute atomic E-state index is 12.8. The summed E-state index contributed by atoms with van der Waals surface area (Å²) in [7, 11) is -3.32. The van der Waals surface area contributed by atoms with Crippen LogP contribution in [0.5, 0.6) is 0 Å². The molecule has 2 heterocycles. The molecule has 0 spiro atoms. The second-order valence-corrected chi connectivity index (χ2v) is 8.80. The van der Waals surface area contributed by atoms with Crippen molar-refractivity contribution < 1.29 is 17.9 Å². The van der Waals surface area contributed by atoms with Crippen LogP contribution in [-0.4, -0.2) is 68.2 Å². The number of ether oxygens (including phenoxy) is 1. The third-order valence-corrected chi connectivity index (χ3v) is 7.46. The average Bonchev–Trinajstić information content (AvgIpc) is 3.09. The van der Waals surface area contributed by atoms with Crippen LogP contribution in [0.15, 0.2) is 0 Å². The third kappa shape index (κ3) is 3.31.